The Morgan fingerprint density at radius 1 is 0.439 bits per heavy atom. The minimum absolute atomic E-state index is 0.0911. The third kappa shape index (κ3) is 54.2. The van der Waals surface area contributed by atoms with Crippen molar-refractivity contribution in [2.75, 3.05) is 33.0 Å². The van der Waals surface area contributed by atoms with Crippen LogP contribution in [0.25, 0.3) is 0 Å². The molecule has 0 aromatic carbocycles. The van der Waals surface area contributed by atoms with E-state index in [0.29, 0.717) is 13.0 Å². The molecule has 0 spiro atoms. The van der Waals surface area contributed by atoms with Gasteiger partial charge in [-0.3, -0.25) is 13.8 Å². The van der Waals surface area contributed by atoms with Crippen molar-refractivity contribution in [1.29, 1.82) is 0 Å². The quantitative estimate of drug-likeness (QED) is 0.0268. The lowest BCUT2D eigenvalue weighted by atomic mass is 10.0. The van der Waals surface area contributed by atoms with Gasteiger partial charge in [-0.2, -0.15) is 0 Å². The third-order valence-electron chi connectivity index (χ3n) is 13.2. The monoisotopic (exact) mass is 956 g/mol. The highest BCUT2D eigenvalue weighted by molar-refractivity contribution is 7.47. The predicted molar refractivity (Wildman–Crippen MR) is 284 cm³/mol. The van der Waals surface area contributed by atoms with Crippen LogP contribution in [-0.4, -0.2) is 49.9 Å². The van der Waals surface area contributed by atoms with Gasteiger partial charge in [0.15, 0.2) is 0 Å². The van der Waals surface area contributed by atoms with E-state index in [1.165, 1.54) is 257 Å². The summed E-state index contributed by atoms with van der Waals surface area (Å²) in [4.78, 5) is 22.7. The summed E-state index contributed by atoms with van der Waals surface area (Å²) < 4.78 is 33.7. The molecule has 394 valence electrons. The lowest BCUT2D eigenvalue weighted by Crippen LogP contribution is -2.28. The topological polar surface area (TPSA) is 117 Å². The van der Waals surface area contributed by atoms with Crippen LogP contribution in [0.5, 0.6) is 0 Å². The lowest BCUT2D eigenvalue weighted by Gasteiger charge is -2.20. The van der Waals surface area contributed by atoms with E-state index in [1.54, 1.807) is 0 Å². The normalized spacial score (nSPS) is 13.2. The van der Waals surface area contributed by atoms with Crippen LogP contribution in [0.3, 0.4) is 0 Å². The van der Waals surface area contributed by atoms with Gasteiger partial charge in [-0.1, -0.05) is 276 Å². The Morgan fingerprint density at radius 3 is 1.11 bits per heavy atom. The number of hydrogen-bond acceptors (Lipinski definition) is 7. The summed E-state index contributed by atoms with van der Waals surface area (Å²) in [5.41, 5.74) is 5.40. The molecule has 0 aliphatic heterocycles. The Hall–Kier alpha value is -0.760. The number of carbonyl (C=O) groups is 1. The van der Waals surface area contributed by atoms with Crippen molar-refractivity contribution in [2.24, 2.45) is 5.73 Å². The van der Waals surface area contributed by atoms with Crippen molar-refractivity contribution >= 4 is 13.8 Å². The maximum absolute atomic E-state index is 12.7. The summed E-state index contributed by atoms with van der Waals surface area (Å²) in [6.07, 6.45) is 64.1. The van der Waals surface area contributed by atoms with Crippen LogP contribution in [0.1, 0.15) is 309 Å². The van der Waals surface area contributed by atoms with Gasteiger partial charge < -0.3 is 20.1 Å². The van der Waals surface area contributed by atoms with E-state index < -0.39 is 13.9 Å². The van der Waals surface area contributed by atoms with Gasteiger partial charge in [-0.15, -0.1) is 0 Å². The summed E-state index contributed by atoms with van der Waals surface area (Å²) in [6, 6.07) is 0. The number of esters is 1. The second-order valence-electron chi connectivity index (χ2n) is 19.9. The van der Waals surface area contributed by atoms with Crippen LogP contribution < -0.4 is 5.73 Å². The molecule has 66 heavy (non-hydrogen) atoms. The van der Waals surface area contributed by atoms with Gasteiger partial charge in [-0.25, -0.2) is 4.57 Å². The number of ether oxygens (including phenoxy) is 2. The van der Waals surface area contributed by atoms with Gasteiger partial charge in [0.25, 0.3) is 0 Å². The van der Waals surface area contributed by atoms with Gasteiger partial charge in [0.1, 0.15) is 6.10 Å². The molecular formula is C57H114NO7P. The van der Waals surface area contributed by atoms with E-state index in [9.17, 15) is 14.3 Å². The van der Waals surface area contributed by atoms with E-state index in [0.717, 1.165) is 32.1 Å². The fourth-order valence-electron chi connectivity index (χ4n) is 8.88. The third-order valence-corrected chi connectivity index (χ3v) is 14.2. The molecule has 0 radical (unpaired) electrons. The molecule has 0 bridgehead atoms. The molecular weight excluding hydrogens is 842 g/mol. The minimum atomic E-state index is -4.28. The summed E-state index contributed by atoms with van der Waals surface area (Å²) >= 11 is 0. The first-order valence-corrected chi connectivity index (χ1v) is 30.7. The van der Waals surface area contributed by atoms with Crippen LogP contribution in [0.15, 0.2) is 12.2 Å². The van der Waals surface area contributed by atoms with Crippen LogP contribution in [0.2, 0.25) is 0 Å². The Kier molecular flexibility index (Phi) is 54.5. The number of rotatable bonds is 57. The Balaban J connectivity index is 3.83. The number of hydrogen-bond donors (Lipinski definition) is 2. The molecule has 0 aromatic heterocycles. The van der Waals surface area contributed by atoms with Crippen LogP contribution >= 0.6 is 7.82 Å². The Morgan fingerprint density at radius 2 is 0.758 bits per heavy atom. The summed E-state index contributed by atoms with van der Waals surface area (Å²) in [5, 5.41) is 0. The molecule has 0 rings (SSSR count). The van der Waals surface area contributed by atoms with Gasteiger partial charge in [0, 0.05) is 19.6 Å². The fraction of sp³-hybridized carbons (Fsp3) is 0.947. The second kappa shape index (κ2) is 55.2. The fourth-order valence-corrected chi connectivity index (χ4v) is 9.64. The molecule has 0 aliphatic carbocycles. The smallest absolute Gasteiger partial charge is 0.457 e. The summed E-state index contributed by atoms with van der Waals surface area (Å²) in [7, 11) is -4.28. The molecule has 0 aromatic rings. The van der Waals surface area contributed by atoms with Crippen LogP contribution in [0, 0.1) is 0 Å². The van der Waals surface area contributed by atoms with Gasteiger partial charge >= 0.3 is 13.8 Å². The first-order chi connectivity index (χ1) is 32.4. The van der Waals surface area contributed by atoms with Gasteiger partial charge in [-0.05, 0) is 38.5 Å². The highest BCUT2D eigenvalue weighted by Gasteiger charge is 2.25. The number of unbranched alkanes of at least 4 members (excludes halogenated alkanes) is 42. The van der Waals surface area contributed by atoms with E-state index in [-0.39, 0.29) is 32.3 Å². The molecule has 0 aliphatic rings. The molecule has 0 fully saturated rings. The Bertz CT molecular complexity index is 1030. The molecule has 0 saturated heterocycles. The molecule has 2 atom stereocenters. The molecule has 0 heterocycles. The van der Waals surface area contributed by atoms with Gasteiger partial charge in [0.2, 0.25) is 0 Å². The van der Waals surface area contributed by atoms with Crippen LogP contribution in [-0.2, 0) is 27.9 Å². The minimum Gasteiger partial charge on any atom is -0.457 e. The van der Waals surface area contributed by atoms with E-state index >= 15 is 0 Å². The Labute approximate surface area is 411 Å². The number of phosphoric ester groups is 1. The highest BCUT2D eigenvalue weighted by Crippen LogP contribution is 2.43. The number of nitrogens with two attached hydrogens (primary N) is 1. The standard InChI is InChI=1S/C57H114NO7P/c1-3-5-7-9-11-13-15-17-19-21-23-25-27-28-29-30-32-34-36-38-40-42-44-46-48-50-57(59)65-56(55-64-66(60,61)63-53-51-58)54-62-52-49-47-45-43-41-39-37-35-33-31-26-24-22-20-18-16-14-12-10-8-6-4-2/h21,23,56H,3-20,22,24-55,58H2,1-2H3,(H,60,61)/b23-21-. The van der Waals surface area contributed by atoms with Crippen molar-refractivity contribution in [2.45, 2.75) is 315 Å². The zero-order valence-corrected chi connectivity index (χ0v) is 45.1. The average Bonchev–Trinajstić information content (AvgIpc) is 3.31. The summed E-state index contributed by atoms with van der Waals surface area (Å²) in [5.74, 6) is -0.322. The molecule has 0 amide bonds. The zero-order valence-electron chi connectivity index (χ0n) is 44.2. The number of allylic oxidation sites excluding steroid dienone is 2. The second-order valence-corrected chi connectivity index (χ2v) is 21.3. The molecule has 9 heteroatoms. The first-order valence-electron chi connectivity index (χ1n) is 29.2. The van der Waals surface area contributed by atoms with Crippen molar-refractivity contribution in [3.63, 3.8) is 0 Å². The maximum atomic E-state index is 12.7. The SMILES string of the molecule is CCCCCCCCCC/C=C\CCCCCCCCCCCCCCCC(=O)OC(COCCCCCCCCCCCCCCCCCCCCCCCC)COP(=O)(O)OCCN. The largest absolute Gasteiger partial charge is 0.472 e. The van der Waals surface area contributed by atoms with Crippen LogP contribution in [0.4, 0.5) is 0 Å². The zero-order chi connectivity index (χ0) is 48.0. The maximum Gasteiger partial charge on any atom is 0.472 e. The molecule has 8 nitrogen and oxygen atoms in total. The predicted octanol–water partition coefficient (Wildman–Crippen LogP) is 18.5. The van der Waals surface area contributed by atoms with Gasteiger partial charge in [0.05, 0.1) is 19.8 Å². The molecule has 2 unspecified atom stereocenters. The van der Waals surface area contributed by atoms with Crippen molar-refractivity contribution in [3.8, 4) is 0 Å². The van der Waals surface area contributed by atoms with Crippen molar-refractivity contribution < 1.29 is 32.8 Å². The average molecular weight is 957 g/mol. The van der Waals surface area contributed by atoms with E-state index in [4.69, 9.17) is 24.3 Å². The highest BCUT2D eigenvalue weighted by atomic mass is 31.2. The van der Waals surface area contributed by atoms with Crippen molar-refractivity contribution in [3.05, 3.63) is 12.2 Å². The van der Waals surface area contributed by atoms with E-state index in [1.807, 2.05) is 0 Å². The first kappa shape index (κ1) is 65.2. The van der Waals surface area contributed by atoms with E-state index in [2.05, 4.69) is 26.0 Å². The van der Waals surface area contributed by atoms with Crippen molar-refractivity contribution in [1.82, 2.24) is 0 Å². The summed E-state index contributed by atoms with van der Waals surface area (Å²) in [6.45, 7) is 5.01. The molecule has 0 saturated carbocycles. The lowest BCUT2D eigenvalue weighted by molar-refractivity contribution is -0.154. The molecule has 3 N–H and O–H groups in total. The number of carbonyl (C=O) groups excluding carboxylic acids is 1. The number of phosphoric acid groups is 1.